The van der Waals surface area contributed by atoms with Crippen LogP contribution in [-0.4, -0.2) is 53.0 Å². The highest BCUT2D eigenvalue weighted by Gasteiger charge is 2.26. The molecule has 1 N–H and O–H groups in total. The normalized spacial score (nSPS) is 11.1. The number of para-hydroxylation sites is 1. The van der Waals surface area contributed by atoms with Gasteiger partial charge in [-0.15, -0.1) is 0 Å². The first-order valence-corrected chi connectivity index (χ1v) is 13.6. The number of nitrogens with one attached hydrogen (secondary N) is 1. The zero-order valence-electron chi connectivity index (χ0n) is 24.6. The molecule has 10 nitrogen and oxygen atoms in total. The molecular weight excluding hydrogens is 553 g/mol. The summed E-state index contributed by atoms with van der Waals surface area (Å²) in [6.45, 7) is 3.06. The van der Waals surface area contributed by atoms with Crippen LogP contribution in [-0.2, 0) is 13.6 Å². The standard InChI is InChI=1S/C32H32FN5O5/c1-6-36(2)19-25-30(32(40)38(37(25)3)21-10-8-7-9-11-21)31(39)35-20-12-13-27(23(33)16-20)43-26-14-15-34-24-18-29(42-5)28(41-4)17-22(24)26/h7-18H,6,19H2,1-5H3,(H,35,39). The van der Waals surface area contributed by atoms with Gasteiger partial charge in [-0.2, -0.15) is 0 Å². The zero-order valence-corrected chi connectivity index (χ0v) is 24.6. The second-order valence-corrected chi connectivity index (χ2v) is 9.86. The van der Waals surface area contributed by atoms with Crippen molar-refractivity contribution in [3.8, 4) is 28.7 Å². The molecule has 2 aromatic heterocycles. The van der Waals surface area contributed by atoms with Crippen molar-refractivity contribution in [2.75, 3.05) is 33.1 Å². The molecule has 0 atom stereocenters. The average Bonchev–Trinajstić information content (AvgIpc) is 3.26. The van der Waals surface area contributed by atoms with Gasteiger partial charge in [-0.1, -0.05) is 25.1 Å². The van der Waals surface area contributed by atoms with Gasteiger partial charge in [-0.05, 0) is 50.0 Å². The smallest absolute Gasteiger partial charge is 0.284 e. The SMILES string of the molecule is CCN(C)Cc1c(C(=O)Nc2ccc(Oc3ccnc4cc(OC)c(OC)cc34)c(F)c2)c(=O)n(-c2ccccc2)n1C. The van der Waals surface area contributed by atoms with Crippen LogP contribution >= 0.6 is 0 Å². The van der Waals surface area contributed by atoms with Gasteiger partial charge in [0.2, 0.25) is 0 Å². The first-order chi connectivity index (χ1) is 20.7. The van der Waals surface area contributed by atoms with Crippen LogP contribution in [0.5, 0.6) is 23.0 Å². The fraction of sp³-hybridized carbons (Fsp3) is 0.219. The molecule has 5 rings (SSSR count). The minimum Gasteiger partial charge on any atom is -0.493 e. The maximum Gasteiger partial charge on any atom is 0.284 e. The summed E-state index contributed by atoms with van der Waals surface area (Å²) < 4.78 is 35.1. The molecule has 0 bridgehead atoms. The van der Waals surface area contributed by atoms with Crippen LogP contribution in [0.15, 0.2) is 77.7 Å². The van der Waals surface area contributed by atoms with E-state index >= 15 is 4.39 Å². The highest BCUT2D eigenvalue weighted by Crippen LogP contribution is 2.37. The molecule has 5 aromatic rings. The highest BCUT2D eigenvalue weighted by molar-refractivity contribution is 6.05. The first-order valence-electron chi connectivity index (χ1n) is 13.6. The molecule has 1 amide bonds. The number of carbonyl (C=O) groups excluding carboxylic acids is 1. The number of ether oxygens (including phenoxy) is 3. The lowest BCUT2D eigenvalue weighted by atomic mass is 10.1. The van der Waals surface area contributed by atoms with E-state index in [-0.39, 0.29) is 17.0 Å². The lowest BCUT2D eigenvalue weighted by molar-refractivity contribution is 0.102. The van der Waals surface area contributed by atoms with E-state index in [4.69, 9.17) is 14.2 Å². The van der Waals surface area contributed by atoms with E-state index in [1.165, 1.54) is 31.0 Å². The number of carbonyl (C=O) groups is 1. The van der Waals surface area contributed by atoms with Gasteiger partial charge in [0, 0.05) is 43.0 Å². The molecule has 222 valence electrons. The zero-order chi connectivity index (χ0) is 30.7. The van der Waals surface area contributed by atoms with Crippen molar-refractivity contribution in [1.29, 1.82) is 0 Å². The largest absolute Gasteiger partial charge is 0.493 e. The third kappa shape index (κ3) is 5.80. The van der Waals surface area contributed by atoms with E-state index in [1.54, 1.807) is 48.3 Å². The topological polar surface area (TPSA) is 99.9 Å². The molecule has 0 aliphatic carbocycles. The van der Waals surface area contributed by atoms with Crippen molar-refractivity contribution in [3.63, 3.8) is 0 Å². The van der Waals surface area contributed by atoms with E-state index in [1.807, 2.05) is 37.1 Å². The van der Waals surface area contributed by atoms with Gasteiger partial charge >= 0.3 is 0 Å². The molecule has 0 aliphatic rings. The Morgan fingerprint density at radius 2 is 1.70 bits per heavy atom. The molecule has 0 saturated carbocycles. The molecular formula is C32H32FN5O5. The predicted octanol–water partition coefficient (Wildman–Crippen LogP) is 5.38. The van der Waals surface area contributed by atoms with Crippen LogP contribution in [0.3, 0.4) is 0 Å². The maximum atomic E-state index is 15.3. The number of rotatable bonds is 10. The number of halogens is 1. The van der Waals surface area contributed by atoms with Gasteiger partial charge in [-0.25, -0.2) is 9.07 Å². The van der Waals surface area contributed by atoms with E-state index < -0.39 is 17.3 Å². The maximum absolute atomic E-state index is 15.3. The summed E-state index contributed by atoms with van der Waals surface area (Å²) >= 11 is 0. The molecule has 0 aliphatic heterocycles. The minimum atomic E-state index is -0.705. The third-order valence-corrected chi connectivity index (χ3v) is 7.19. The van der Waals surface area contributed by atoms with Crippen molar-refractivity contribution in [1.82, 2.24) is 19.2 Å². The Morgan fingerprint density at radius 3 is 2.37 bits per heavy atom. The molecule has 11 heteroatoms. The van der Waals surface area contributed by atoms with Gasteiger partial charge in [-0.3, -0.25) is 19.3 Å². The van der Waals surface area contributed by atoms with Crippen molar-refractivity contribution in [2.45, 2.75) is 13.5 Å². The number of hydrogen-bond donors (Lipinski definition) is 1. The van der Waals surface area contributed by atoms with Crippen LogP contribution < -0.4 is 25.1 Å². The van der Waals surface area contributed by atoms with Crippen LogP contribution in [0.1, 0.15) is 23.0 Å². The van der Waals surface area contributed by atoms with Crippen LogP contribution in [0.4, 0.5) is 10.1 Å². The average molecular weight is 586 g/mol. The second-order valence-electron chi connectivity index (χ2n) is 9.86. The Kier molecular flexibility index (Phi) is 8.44. The first kappa shape index (κ1) is 29.3. The monoisotopic (exact) mass is 585 g/mol. The summed E-state index contributed by atoms with van der Waals surface area (Å²) in [6.07, 6.45) is 1.55. The number of nitrogens with zero attached hydrogens (tertiary/aromatic N) is 4. The van der Waals surface area contributed by atoms with Crippen molar-refractivity contribution in [3.05, 3.63) is 100 Å². The lowest BCUT2D eigenvalue weighted by Crippen LogP contribution is -2.26. The van der Waals surface area contributed by atoms with Gasteiger partial charge < -0.3 is 24.4 Å². The summed E-state index contributed by atoms with van der Waals surface area (Å²) in [7, 11) is 6.69. The number of fused-ring (bicyclic) bond motifs is 1. The summed E-state index contributed by atoms with van der Waals surface area (Å²) in [4.78, 5) is 33.4. The number of hydrogen-bond acceptors (Lipinski definition) is 7. The Labute approximate surface area is 247 Å². The number of methoxy groups -OCH3 is 2. The highest BCUT2D eigenvalue weighted by atomic mass is 19.1. The molecule has 0 fully saturated rings. The Hall–Kier alpha value is -5.16. The summed E-state index contributed by atoms with van der Waals surface area (Å²) in [5, 5.41) is 3.29. The van der Waals surface area contributed by atoms with E-state index in [2.05, 4.69) is 10.3 Å². The number of anilines is 1. The molecule has 43 heavy (non-hydrogen) atoms. The summed E-state index contributed by atoms with van der Waals surface area (Å²) in [6, 6.07) is 18.2. The fourth-order valence-electron chi connectivity index (χ4n) is 4.79. The van der Waals surface area contributed by atoms with Crippen LogP contribution in [0.25, 0.3) is 16.6 Å². The summed E-state index contributed by atoms with van der Waals surface area (Å²) in [5.41, 5.74) is 1.43. The molecule has 0 radical (unpaired) electrons. The molecule has 2 heterocycles. The fourth-order valence-corrected chi connectivity index (χ4v) is 4.79. The quantitative estimate of drug-likeness (QED) is 0.235. The Balaban J connectivity index is 1.44. The summed E-state index contributed by atoms with van der Waals surface area (Å²) in [5.74, 6) is -0.0609. The molecule has 3 aromatic carbocycles. The van der Waals surface area contributed by atoms with Crippen molar-refractivity contribution in [2.24, 2.45) is 7.05 Å². The molecule has 0 unspecified atom stereocenters. The van der Waals surface area contributed by atoms with Crippen molar-refractivity contribution >= 4 is 22.5 Å². The molecule has 0 spiro atoms. The van der Waals surface area contributed by atoms with Gasteiger partial charge in [0.25, 0.3) is 11.5 Å². The third-order valence-electron chi connectivity index (χ3n) is 7.19. The van der Waals surface area contributed by atoms with Gasteiger partial charge in [0.1, 0.15) is 11.3 Å². The van der Waals surface area contributed by atoms with E-state index in [0.29, 0.717) is 52.6 Å². The van der Waals surface area contributed by atoms with Crippen molar-refractivity contribution < 1.29 is 23.4 Å². The number of pyridine rings is 1. The van der Waals surface area contributed by atoms with E-state index in [0.717, 1.165) is 6.07 Å². The Morgan fingerprint density at radius 1 is 0.977 bits per heavy atom. The Bertz CT molecular complexity index is 1850. The number of aromatic nitrogens is 3. The van der Waals surface area contributed by atoms with E-state index in [9.17, 15) is 9.59 Å². The minimum absolute atomic E-state index is 0.0139. The predicted molar refractivity (Wildman–Crippen MR) is 162 cm³/mol. The van der Waals surface area contributed by atoms with Gasteiger partial charge in [0.15, 0.2) is 23.1 Å². The number of amides is 1. The number of benzene rings is 3. The lowest BCUT2D eigenvalue weighted by Gasteiger charge is -2.16. The second kappa shape index (κ2) is 12.4. The van der Waals surface area contributed by atoms with Crippen LogP contribution in [0, 0.1) is 5.82 Å². The van der Waals surface area contributed by atoms with Gasteiger partial charge in [0.05, 0.1) is 31.1 Å². The molecule has 0 saturated heterocycles. The van der Waals surface area contributed by atoms with Crippen LogP contribution in [0.2, 0.25) is 0 Å².